The Morgan fingerprint density at radius 3 is 2.52 bits per heavy atom. The zero-order chi connectivity index (χ0) is 19.3. The highest BCUT2D eigenvalue weighted by atomic mass is 19.1. The molecule has 1 aromatic heterocycles. The molecule has 0 radical (unpaired) electrons. The molecule has 1 amide bonds. The minimum Gasteiger partial charge on any atom is -0.450 e. The van der Waals surface area contributed by atoms with Gasteiger partial charge in [-0.1, -0.05) is 18.2 Å². The van der Waals surface area contributed by atoms with E-state index in [2.05, 4.69) is 0 Å². The summed E-state index contributed by atoms with van der Waals surface area (Å²) in [6, 6.07) is 8.56. The van der Waals surface area contributed by atoms with Crippen molar-refractivity contribution in [2.24, 2.45) is 0 Å². The van der Waals surface area contributed by atoms with Gasteiger partial charge in [0.05, 0.1) is 23.6 Å². The number of halogens is 1. The van der Waals surface area contributed by atoms with Gasteiger partial charge < -0.3 is 14.4 Å². The number of rotatable bonds is 3. The Labute approximate surface area is 154 Å². The summed E-state index contributed by atoms with van der Waals surface area (Å²) in [5.41, 5.74) is 2.63. The van der Waals surface area contributed by atoms with Crippen LogP contribution in [0.5, 0.6) is 0 Å². The van der Waals surface area contributed by atoms with Gasteiger partial charge in [0.1, 0.15) is 11.4 Å². The van der Waals surface area contributed by atoms with Gasteiger partial charge in [0.25, 0.3) is 5.91 Å². The van der Waals surface area contributed by atoms with Crippen molar-refractivity contribution in [2.45, 2.75) is 19.9 Å². The van der Waals surface area contributed by atoms with Gasteiger partial charge in [0.2, 0.25) is 5.76 Å². The molecule has 0 saturated carbocycles. The molecule has 5 nitrogen and oxygen atoms in total. The maximum atomic E-state index is 13.4. The number of hydrogen-bond acceptors (Lipinski definition) is 4. The molecule has 2 heterocycles. The van der Waals surface area contributed by atoms with E-state index in [0.717, 1.165) is 11.1 Å². The van der Waals surface area contributed by atoms with Crippen molar-refractivity contribution in [1.82, 2.24) is 4.90 Å². The zero-order valence-electron chi connectivity index (χ0n) is 15.0. The second-order valence-corrected chi connectivity index (χ2v) is 6.81. The van der Waals surface area contributed by atoms with Crippen LogP contribution in [0.1, 0.15) is 38.9 Å². The van der Waals surface area contributed by atoms with Crippen molar-refractivity contribution in [1.29, 1.82) is 0 Å². The van der Waals surface area contributed by atoms with Crippen molar-refractivity contribution in [3.05, 3.63) is 80.5 Å². The van der Waals surface area contributed by atoms with Crippen LogP contribution >= 0.6 is 0 Å². The van der Waals surface area contributed by atoms with Crippen molar-refractivity contribution in [3.63, 3.8) is 0 Å². The van der Waals surface area contributed by atoms with Crippen molar-refractivity contribution < 1.29 is 18.7 Å². The average Bonchev–Trinajstić information content (AvgIpc) is 2.90. The first-order valence-corrected chi connectivity index (χ1v) is 8.67. The summed E-state index contributed by atoms with van der Waals surface area (Å²) in [5.74, 6) is -0.872. The van der Waals surface area contributed by atoms with E-state index in [4.69, 9.17) is 4.42 Å². The minimum atomic E-state index is -0.721. The van der Waals surface area contributed by atoms with Crippen LogP contribution in [-0.4, -0.2) is 29.1 Å². The van der Waals surface area contributed by atoms with Gasteiger partial charge in [-0.2, -0.15) is 0 Å². The van der Waals surface area contributed by atoms with Crippen LogP contribution in [0.15, 0.2) is 45.6 Å². The minimum absolute atomic E-state index is 0.0118. The third-order valence-electron chi connectivity index (χ3n) is 4.92. The quantitative estimate of drug-likeness (QED) is 0.772. The number of fused-ring (bicyclic) bond motifs is 2. The standard InChI is InChI=1S/C21H18FNO4/c1-11-9-12(2)19-15(10-11)18(25)16-17(13-3-5-14(22)6-4-13)23(7-8-24)21(26)20(16)27-19/h3-6,9-10,17,24H,7-8H2,1-2H3. The Hall–Kier alpha value is -2.99. The van der Waals surface area contributed by atoms with E-state index >= 15 is 0 Å². The summed E-state index contributed by atoms with van der Waals surface area (Å²) in [7, 11) is 0. The Kier molecular flexibility index (Phi) is 4.08. The fourth-order valence-electron chi connectivity index (χ4n) is 3.80. The molecule has 0 bridgehead atoms. The highest BCUT2D eigenvalue weighted by Gasteiger charge is 2.42. The molecule has 6 heteroatoms. The van der Waals surface area contributed by atoms with Crippen LogP contribution in [0.3, 0.4) is 0 Å². The monoisotopic (exact) mass is 367 g/mol. The van der Waals surface area contributed by atoms with Crippen LogP contribution in [0.25, 0.3) is 11.0 Å². The van der Waals surface area contributed by atoms with Gasteiger partial charge in [-0.3, -0.25) is 9.59 Å². The summed E-state index contributed by atoms with van der Waals surface area (Å²) in [5, 5.41) is 9.82. The molecule has 0 aliphatic carbocycles. The maximum absolute atomic E-state index is 13.4. The average molecular weight is 367 g/mol. The molecule has 0 fully saturated rings. The van der Waals surface area contributed by atoms with Gasteiger partial charge in [0.15, 0.2) is 5.43 Å². The highest BCUT2D eigenvalue weighted by molar-refractivity contribution is 5.99. The Balaban J connectivity index is 2.04. The number of aliphatic hydroxyl groups is 1. The number of carbonyl (C=O) groups excluding carboxylic acids is 1. The molecule has 138 valence electrons. The maximum Gasteiger partial charge on any atom is 0.290 e. The topological polar surface area (TPSA) is 70.8 Å². The largest absolute Gasteiger partial charge is 0.450 e. The Bertz CT molecular complexity index is 1120. The third-order valence-corrected chi connectivity index (χ3v) is 4.92. The number of carbonyl (C=O) groups is 1. The molecule has 1 aliphatic rings. The van der Waals surface area contributed by atoms with E-state index in [0.29, 0.717) is 16.5 Å². The summed E-state index contributed by atoms with van der Waals surface area (Å²) in [6.07, 6.45) is 0. The molecule has 0 saturated heterocycles. The number of nitrogens with zero attached hydrogens (tertiary/aromatic N) is 1. The molecule has 0 spiro atoms. The molecule has 1 N–H and O–H groups in total. The predicted octanol–water partition coefficient (Wildman–Crippen LogP) is 3.09. The fourth-order valence-corrected chi connectivity index (χ4v) is 3.80. The zero-order valence-corrected chi connectivity index (χ0v) is 15.0. The summed E-state index contributed by atoms with van der Waals surface area (Å²) < 4.78 is 19.3. The second kappa shape index (κ2) is 6.32. The molecule has 2 aromatic carbocycles. The Morgan fingerprint density at radius 1 is 1.15 bits per heavy atom. The van der Waals surface area contributed by atoms with Crippen LogP contribution in [0, 0.1) is 19.7 Å². The van der Waals surface area contributed by atoms with E-state index in [1.165, 1.54) is 29.2 Å². The Morgan fingerprint density at radius 2 is 1.85 bits per heavy atom. The van der Waals surface area contributed by atoms with E-state index in [9.17, 15) is 19.1 Å². The van der Waals surface area contributed by atoms with Crippen LogP contribution in [-0.2, 0) is 0 Å². The number of aryl methyl sites for hydroxylation is 2. The van der Waals surface area contributed by atoms with Crippen molar-refractivity contribution >= 4 is 16.9 Å². The van der Waals surface area contributed by atoms with Gasteiger partial charge in [0, 0.05) is 6.54 Å². The number of amides is 1. The smallest absolute Gasteiger partial charge is 0.290 e. The van der Waals surface area contributed by atoms with Crippen LogP contribution in [0.2, 0.25) is 0 Å². The lowest BCUT2D eigenvalue weighted by Crippen LogP contribution is -2.32. The third kappa shape index (κ3) is 2.64. The van der Waals surface area contributed by atoms with E-state index in [1.54, 1.807) is 6.07 Å². The molecule has 1 unspecified atom stereocenters. The lowest BCUT2D eigenvalue weighted by atomic mass is 9.97. The molecule has 3 aromatic rings. The van der Waals surface area contributed by atoms with E-state index in [-0.39, 0.29) is 29.9 Å². The van der Waals surface area contributed by atoms with Gasteiger partial charge in [-0.05, 0) is 48.7 Å². The molecule has 1 aliphatic heterocycles. The number of benzene rings is 2. The summed E-state index contributed by atoms with van der Waals surface area (Å²) >= 11 is 0. The number of aliphatic hydroxyl groups excluding tert-OH is 1. The second-order valence-electron chi connectivity index (χ2n) is 6.81. The molecular formula is C21H18FNO4. The SMILES string of the molecule is Cc1cc(C)c2oc3c(c(=O)c2c1)C(c1ccc(F)cc1)N(CCO)C3=O. The number of β-amino-alcohol motifs (C(OH)–C–C–N with tert-alkyl or cyclic N) is 1. The van der Waals surface area contributed by atoms with E-state index in [1.807, 2.05) is 19.9 Å². The van der Waals surface area contributed by atoms with Crippen LogP contribution < -0.4 is 5.43 Å². The summed E-state index contributed by atoms with van der Waals surface area (Å²) in [6.45, 7) is 3.50. The van der Waals surface area contributed by atoms with Gasteiger partial charge >= 0.3 is 0 Å². The normalized spacial score (nSPS) is 16.2. The molecule has 4 rings (SSSR count). The van der Waals surface area contributed by atoms with Crippen LogP contribution in [0.4, 0.5) is 4.39 Å². The van der Waals surface area contributed by atoms with Crippen molar-refractivity contribution in [2.75, 3.05) is 13.2 Å². The highest BCUT2D eigenvalue weighted by Crippen LogP contribution is 2.38. The van der Waals surface area contributed by atoms with Crippen molar-refractivity contribution in [3.8, 4) is 0 Å². The first-order valence-electron chi connectivity index (χ1n) is 8.67. The van der Waals surface area contributed by atoms with E-state index < -0.39 is 17.8 Å². The molecule has 27 heavy (non-hydrogen) atoms. The lowest BCUT2D eigenvalue weighted by Gasteiger charge is -2.24. The first-order chi connectivity index (χ1) is 12.9. The summed E-state index contributed by atoms with van der Waals surface area (Å²) in [4.78, 5) is 27.6. The number of hydrogen-bond donors (Lipinski definition) is 1. The van der Waals surface area contributed by atoms with Gasteiger partial charge in [-0.25, -0.2) is 4.39 Å². The van der Waals surface area contributed by atoms with Gasteiger partial charge in [-0.15, -0.1) is 0 Å². The first kappa shape index (κ1) is 17.4. The molecule has 1 atom stereocenters. The lowest BCUT2D eigenvalue weighted by molar-refractivity contribution is 0.0691. The fraction of sp³-hybridized carbons (Fsp3) is 0.238. The predicted molar refractivity (Wildman–Crippen MR) is 98.3 cm³/mol. The molecular weight excluding hydrogens is 349 g/mol.